The zero-order chi connectivity index (χ0) is 20.1. The number of carbonyl (C=O) groups excluding carboxylic acids is 1. The Morgan fingerprint density at radius 1 is 1.21 bits per heavy atom. The average Bonchev–Trinajstić information content (AvgIpc) is 3.08. The van der Waals surface area contributed by atoms with Gasteiger partial charge in [-0.1, -0.05) is 29.8 Å². The lowest BCUT2D eigenvalue weighted by atomic mass is 10.2. The van der Waals surface area contributed by atoms with Crippen LogP contribution in [0.1, 0.15) is 17.5 Å². The highest BCUT2D eigenvalue weighted by molar-refractivity contribution is 7.19. The number of carbonyl (C=O) groups is 1. The lowest BCUT2D eigenvalue weighted by molar-refractivity contribution is -0.130. The summed E-state index contributed by atoms with van der Waals surface area (Å²) in [7, 11) is 3.35. The van der Waals surface area contributed by atoms with Crippen LogP contribution in [0.4, 0.5) is 0 Å². The molecule has 1 amide bonds. The highest BCUT2D eigenvalue weighted by Gasteiger charge is 2.14. The summed E-state index contributed by atoms with van der Waals surface area (Å²) in [5, 5.41) is 1.30. The van der Waals surface area contributed by atoms with Gasteiger partial charge in [-0.3, -0.25) is 4.79 Å². The van der Waals surface area contributed by atoms with E-state index in [0.29, 0.717) is 23.1 Å². The molecule has 0 aliphatic carbocycles. The molecule has 0 saturated carbocycles. The molecule has 0 aliphatic heterocycles. The highest BCUT2D eigenvalue weighted by atomic mass is 35.5. The van der Waals surface area contributed by atoms with Crippen molar-refractivity contribution in [3.05, 3.63) is 52.0 Å². The normalized spacial score (nSPS) is 11.1. The van der Waals surface area contributed by atoms with Crippen molar-refractivity contribution in [3.8, 4) is 11.5 Å². The zero-order valence-electron chi connectivity index (χ0n) is 15.9. The molecule has 0 aliphatic rings. The van der Waals surface area contributed by atoms with Gasteiger partial charge in [-0.05, 0) is 42.8 Å². The SMILES string of the molecule is CCOc1cc(/C=C/c2nc3ccccc3s2)cc(Cl)c1OCC(=O)N(C)C. The van der Waals surface area contributed by atoms with Crippen molar-refractivity contribution in [3.63, 3.8) is 0 Å². The molecule has 1 heterocycles. The number of para-hydroxylation sites is 1. The summed E-state index contributed by atoms with van der Waals surface area (Å²) >= 11 is 8.03. The third-order valence-corrected chi connectivity index (χ3v) is 5.18. The Labute approximate surface area is 173 Å². The van der Waals surface area contributed by atoms with Crippen molar-refractivity contribution < 1.29 is 14.3 Å². The van der Waals surface area contributed by atoms with Gasteiger partial charge in [-0.2, -0.15) is 0 Å². The van der Waals surface area contributed by atoms with Crippen LogP contribution in [0, 0.1) is 0 Å². The summed E-state index contributed by atoms with van der Waals surface area (Å²) < 4.78 is 12.4. The van der Waals surface area contributed by atoms with E-state index in [4.69, 9.17) is 21.1 Å². The second kappa shape index (κ2) is 9.08. The molecule has 146 valence electrons. The summed E-state index contributed by atoms with van der Waals surface area (Å²) in [6, 6.07) is 11.6. The summed E-state index contributed by atoms with van der Waals surface area (Å²) in [4.78, 5) is 17.9. The van der Waals surface area contributed by atoms with Crippen LogP contribution in [-0.2, 0) is 4.79 Å². The Bertz CT molecular complexity index is 981. The van der Waals surface area contributed by atoms with Crippen molar-refractivity contribution in [2.75, 3.05) is 27.3 Å². The second-order valence-electron chi connectivity index (χ2n) is 6.19. The van der Waals surface area contributed by atoms with Gasteiger partial charge in [0.1, 0.15) is 5.01 Å². The topological polar surface area (TPSA) is 51.7 Å². The van der Waals surface area contributed by atoms with Gasteiger partial charge in [0.2, 0.25) is 0 Å². The standard InChI is InChI=1S/C21H21ClN2O3S/c1-4-26-17-12-14(11-15(22)21(17)27-13-20(25)24(2)3)9-10-19-23-16-7-5-6-8-18(16)28-19/h5-12H,4,13H2,1-3H3/b10-9+. The minimum Gasteiger partial charge on any atom is -0.490 e. The molecule has 0 spiro atoms. The summed E-state index contributed by atoms with van der Waals surface area (Å²) in [6.45, 7) is 2.24. The molecule has 0 fully saturated rings. The molecule has 1 aromatic heterocycles. The number of benzene rings is 2. The van der Waals surface area contributed by atoms with Crippen LogP contribution in [0.15, 0.2) is 36.4 Å². The van der Waals surface area contributed by atoms with Gasteiger partial charge < -0.3 is 14.4 Å². The number of hydrogen-bond acceptors (Lipinski definition) is 5. The van der Waals surface area contributed by atoms with E-state index in [0.717, 1.165) is 20.8 Å². The van der Waals surface area contributed by atoms with Crippen molar-refractivity contribution in [1.82, 2.24) is 9.88 Å². The molecule has 3 aromatic rings. The first-order valence-electron chi connectivity index (χ1n) is 8.81. The summed E-state index contributed by atoms with van der Waals surface area (Å²) in [5.41, 5.74) is 1.84. The van der Waals surface area contributed by atoms with E-state index in [1.807, 2.05) is 43.3 Å². The van der Waals surface area contributed by atoms with Crippen molar-refractivity contribution >= 4 is 51.2 Å². The van der Waals surface area contributed by atoms with E-state index < -0.39 is 0 Å². The number of hydrogen-bond donors (Lipinski definition) is 0. The Kier molecular flexibility index (Phi) is 6.54. The zero-order valence-corrected chi connectivity index (χ0v) is 17.5. The Hall–Kier alpha value is -2.57. The first-order chi connectivity index (χ1) is 13.5. The third kappa shape index (κ3) is 4.82. The molecule has 2 aromatic carbocycles. The van der Waals surface area contributed by atoms with E-state index in [-0.39, 0.29) is 12.5 Å². The van der Waals surface area contributed by atoms with E-state index in [1.54, 1.807) is 31.5 Å². The number of amides is 1. The first kappa shape index (κ1) is 20.2. The Morgan fingerprint density at radius 3 is 2.71 bits per heavy atom. The predicted octanol–water partition coefficient (Wildman–Crippen LogP) is 4.99. The fourth-order valence-electron chi connectivity index (χ4n) is 2.48. The molecule has 5 nitrogen and oxygen atoms in total. The van der Waals surface area contributed by atoms with Crippen LogP contribution < -0.4 is 9.47 Å². The number of halogens is 1. The first-order valence-corrected chi connectivity index (χ1v) is 10.0. The maximum absolute atomic E-state index is 11.8. The Balaban J connectivity index is 1.84. The monoisotopic (exact) mass is 416 g/mol. The van der Waals surface area contributed by atoms with Crippen molar-refractivity contribution in [2.24, 2.45) is 0 Å². The van der Waals surface area contributed by atoms with Crippen LogP contribution in [0.3, 0.4) is 0 Å². The van der Waals surface area contributed by atoms with Crippen LogP contribution in [-0.4, -0.2) is 43.1 Å². The minimum atomic E-state index is -0.154. The molecular formula is C21H21ClN2O3S. The fraction of sp³-hybridized carbons (Fsp3) is 0.238. The number of thiazole rings is 1. The molecule has 3 rings (SSSR count). The van der Waals surface area contributed by atoms with Crippen LogP contribution in [0.25, 0.3) is 22.4 Å². The molecule has 0 bridgehead atoms. The molecule has 0 N–H and O–H groups in total. The largest absolute Gasteiger partial charge is 0.490 e. The minimum absolute atomic E-state index is 0.103. The van der Waals surface area contributed by atoms with Gasteiger partial charge in [0, 0.05) is 14.1 Å². The number of likely N-dealkylation sites (N-methyl/N-ethyl adjacent to an activating group) is 1. The van der Waals surface area contributed by atoms with Gasteiger partial charge >= 0.3 is 0 Å². The molecule has 7 heteroatoms. The second-order valence-corrected chi connectivity index (χ2v) is 7.66. The molecule has 0 radical (unpaired) electrons. The van der Waals surface area contributed by atoms with Crippen LogP contribution in [0.2, 0.25) is 5.02 Å². The molecule has 0 unspecified atom stereocenters. The number of nitrogens with zero attached hydrogens (tertiary/aromatic N) is 2. The fourth-order valence-corrected chi connectivity index (χ4v) is 3.62. The van der Waals surface area contributed by atoms with Gasteiger partial charge in [0.15, 0.2) is 18.1 Å². The number of fused-ring (bicyclic) bond motifs is 1. The number of rotatable bonds is 7. The average molecular weight is 417 g/mol. The quantitative estimate of drug-likeness (QED) is 0.544. The third-order valence-electron chi connectivity index (χ3n) is 3.90. The number of aromatic nitrogens is 1. The highest BCUT2D eigenvalue weighted by Crippen LogP contribution is 2.37. The lowest BCUT2D eigenvalue weighted by Gasteiger charge is -2.16. The van der Waals surface area contributed by atoms with E-state index in [9.17, 15) is 4.79 Å². The maximum Gasteiger partial charge on any atom is 0.259 e. The molecule has 0 atom stereocenters. The maximum atomic E-state index is 11.8. The van der Waals surface area contributed by atoms with Gasteiger partial charge in [0.25, 0.3) is 5.91 Å². The predicted molar refractivity (Wildman–Crippen MR) is 115 cm³/mol. The van der Waals surface area contributed by atoms with E-state index >= 15 is 0 Å². The lowest BCUT2D eigenvalue weighted by Crippen LogP contribution is -2.27. The Morgan fingerprint density at radius 2 is 2.00 bits per heavy atom. The van der Waals surface area contributed by atoms with E-state index in [1.165, 1.54) is 4.90 Å². The smallest absolute Gasteiger partial charge is 0.259 e. The van der Waals surface area contributed by atoms with Gasteiger partial charge in [-0.25, -0.2) is 4.98 Å². The van der Waals surface area contributed by atoms with Crippen molar-refractivity contribution in [1.29, 1.82) is 0 Å². The summed E-state index contributed by atoms with van der Waals surface area (Å²) in [5.74, 6) is 0.722. The van der Waals surface area contributed by atoms with Gasteiger partial charge in [-0.15, -0.1) is 11.3 Å². The molecule has 28 heavy (non-hydrogen) atoms. The van der Waals surface area contributed by atoms with Gasteiger partial charge in [0.05, 0.1) is 21.8 Å². The van der Waals surface area contributed by atoms with Crippen molar-refractivity contribution in [2.45, 2.75) is 6.92 Å². The molecular weight excluding hydrogens is 396 g/mol. The summed E-state index contributed by atoms with van der Waals surface area (Å²) in [6.07, 6.45) is 3.88. The van der Waals surface area contributed by atoms with Crippen LogP contribution >= 0.6 is 22.9 Å². The number of ether oxygens (including phenoxy) is 2. The molecule has 0 saturated heterocycles. The van der Waals surface area contributed by atoms with Crippen LogP contribution in [0.5, 0.6) is 11.5 Å². The van der Waals surface area contributed by atoms with E-state index in [2.05, 4.69) is 11.1 Å².